The molecule has 1 fully saturated rings. The molecule has 112 valence electrons. The second-order valence-electron chi connectivity index (χ2n) is 5.44. The van der Waals surface area contributed by atoms with E-state index in [-0.39, 0.29) is 6.54 Å². The molecule has 20 heavy (non-hydrogen) atoms. The van der Waals surface area contributed by atoms with E-state index in [0.717, 1.165) is 6.54 Å². The van der Waals surface area contributed by atoms with Crippen molar-refractivity contribution in [1.29, 1.82) is 0 Å². The van der Waals surface area contributed by atoms with E-state index in [4.69, 9.17) is 0 Å². The van der Waals surface area contributed by atoms with E-state index in [1.165, 1.54) is 18.9 Å². The number of alkyl halides is 3. The molecule has 1 N–H and O–H groups in total. The number of benzene rings is 1. The number of rotatable bonds is 6. The zero-order chi connectivity index (χ0) is 14.8. The molecule has 2 rings (SSSR count). The van der Waals surface area contributed by atoms with Crippen LogP contribution in [0.25, 0.3) is 0 Å². The molecular formula is C15H21F3N2. The van der Waals surface area contributed by atoms with Gasteiger partial charge in [-0.1, -0.05) is 13.0 Å². The number of halogens is 3. The summed E-state index contributed by atoms with van der Waals surface area (Å²) in [7, 11) is 1.86. The van der Waals surface area contributed by atoms with Crippen molar-refractivity contribution < 1.29 is 13.2 Å². The Morgan fingerprint density at radius 1 is 1.30 bits per heavy atom. The van der Waals surface area contributed by atoms with Crippen LogP contribution in [0.4, 0.5) is 18.9 Å². The van der Waals surface area contributed by atoms with E-state index in [0.29, 0.717) is 23.7 Å². The second kappa shape index (κ2) is 6.04. The molecule has 0 aliphatic heterocycles. The first-order chi connectivity index (χ1) is 9.41. The van der Waals surface area contributed by atoms with Crippen molar-refractivity contribution in [3.63, 3.8) is 0 Å². The molecule has 0 aromatic heterocycles. The highest BCUT2D eigenvalue weighted by atomic mass is 19.4. The lowest BCUT2D eigenvalue weighted by Crippen LogP contribution is -2.22. The Bertz CT molecular complexity index is 453. The largest absolute Gasteiger partial charge is 0.416 e. The van der Waals surface area contributed by atoms with E-state index in [9.17, 15) is 13.2 Å². The van der Waals surface area contributed by atoms with Gasteiger partial charge in [-0.2, -0.15) is 13.2 Å². The van der Waals surface area contributed by atoms with Gasteiger partial charge in [0.2, 0.25) is 0 Å². The summed E-state index contributed by atoms with van der Waals surface area (Å²) < 4.78 is 39.4. The highest BCUT2D eigenvalue weighted by molar-refractivity contribution is 5.51. The van der Waals surface area contributed by atoms with Gasteiger partial charge in [0.1, 0.15) is 0 Å². The van der Waals surface area contributed by atoms with Gasteiger partial charge in [0.15, 0.2) is 0 Å². The van der Waals surface area contributed by atoms with Crippen LogP contribution in [-0.4, -0.2) is 20.1 Å². The normalized spacial score (nSPS) is 15.4. The maximum atomic E-state index is 13.1. The summed E-state index contributed by atoms with van der Waals surface area (Å²) in [5.74, 6) is 0.649. The van der Waals surface area contributed by atoms with Crippen molar-refractivity contribution in [3.8, 4) is 0 Å². The monoisotopic (exact) mass is 286 g/mol. The number of hydrogen-bond donors (Lipinski definition) is 1. The van der Waals surface area contributed by atoms with Gasteiger partial charge in [-0.05, 0) is 43.0 Å². The standard InChI is InChI=1S/C15H21F3N2/c1-3-19-9-12-6-7-13(8-14(12)15(16,17)18)20(2)10-11-4-5-11/h6-8,11,19H,3-5,9-10H2,1-2H3. The summed E-state index contributed by atoms with van der Waals surface area (Å²) in [6.45, 7) is 3.62. The Morgan fingerprint density at radius 2 is 2.00 bits per heavy atom. The predicted molar refractivity (Wildman–Crippen MR) is 74.8 cm³/mol. The van der Waals surface area contributed by atoms with Gasteiger partial charge in [0, 0.05) is 25.8 Å². The number of hydrogen-bond acceptors (Lipinski definition) is 2. The van der Waals surface area contributed by atoms with E-state index in [1.54, 1.807) is 12.1 Å². The fourth-order valence-corrected chi connectivity index (χ4v) is 2.27. The molecule has 0 atom stereocenters. The third-order valence-corrected chi connectivity index (χ3v) is 3.63. The van der Waals surface area contributed by atoms with Crippen molar-refractivity contribution in [1.82, 2.24) is 5.32 Å². The lowest BCUT2D eigenvalue weighted by atomic mass is 10.1. The molecule has 0 spiro atoms. The van der Waals surface area contributed by atoms with Crippen LogP contribution in [0.5, 0.6) is 0 Å². The van der Waals surface area contributed by atoms with Crippen LogP contribution in [0.15, 0.2) is 18.2 Å². The smallest absolute Gasteiger partial charge is 0.374 e. The van der Waals surface area contributed by atoms with Crippen LogP contribution < -0.4 is 10.2 Å². The van der Waals surface area contributed by atoms with Gasteiger partial charge >= 0.3 is 6.18 Å². The highest BCUT2D eigenvalue weighted by Gasteiger charge is 2.34. The van der Waals surface area contributed by atoms with Crippen LogP contribution in [0.1, 0.15) is 30.9 Å². The Hall–Kier alpha value is -1.23. The minimum Gasteiger partial charge on any atom is -0.374 e. The van der Waals surface area contributed by atoms with Gasteiger partial charge in [0.05, 0.1) is 5.56 Å². The zero-order valence-corrected chi connectivity index (χ0v) is 11.9. The van der Waals surface area contributed by atoms with E-state index in [1.807, 2.05) is 18.9 Å². The third-order valence-electron chi connectivity index (χ3n) is 3.63. The van der Waals surface area contributed by atoms with Crippen LogP contribution in [0.2, 0.25) is 0 Å². The van der Waals surface area contributed by atoms with E-state index < -0.39 is 11.7 Å². The summed E-state index contributed by atoms with van der Waals surface area (Å²) in [6.07, 6.45) is -1.93. The van der Waals surface area contributed by atoms with Gasteiger partial charge in [-0.15, -0.1) is 0 Å². The molecule has 2 nitrogen and oxygen atoms in total. The van der Waals surface area contributed by atoms with Crippen molar-refractivity contribution in [3.05, 3.63) is 29.3 Å². The maximum Gasteiger partial charge on any atom is 0.416 e. The minimum atomic E-state index is -4.30. The first-order valence-electron chi connectivity index (χ1n) is 7.03. The Labute approximate surface area is 118 Å². The lowest BCUT2D eigenvalue weighted by Gasteiger charge is -2.22. The fraction of sp³-hybridized carbons (Fsp3) is 0.600. The quantitative estimate of drug-likeness (QED) is 0.858. The average molecular weight is 286 g/mol. The first kappa shape index (κ1) is 15.2. The molecule has 0 unspecified atom stereocenters. The third kappa shape index (κ3) is 3.88. The van der Waals surface area contributed by atoms with Gasteiger partial charge in [0.25, 0.3) is 0 Å². The molecule has 1 aliphatic carbocycles. The number of nitrogens with zero attached hydrogens (tertiary/aromatic N) is 1. The summed E-state index contributed by atoms with van der Waals surface area (Å²) in [4.78, 5) is 1.92. The Kier molecular flexibility index (Phi) is 4.58. The second-order valence-corrected chi connectivity index (χ2v) is 5.44. The fourth-order valence-electron chi connectivity index (χ4n) is 2.27. The Balaban J connectivity index is 2.22. The van der Waals surface area contributed by atoms with E-state index >= 15 is 0 Å². The molecule has 0 bridgehead atoms. The zero-order valence-electron chi connectivity index (χ0n) is 11.9. The molecule has 0 radical (unpaired) electrons. The summed E-state index contributed by atoms with van der Waals surface area (Å²) in [5, 5.41) is 2.95. The van der Waals surface area contributed by atoms with Gasteiger partial charge < -0.3 is 10.2 Å². The molecule has 0 amide bonds. The Morgan fingerprint density at radius 3 is 2.55 bits per heavy atom. The van der Waals surface area contributed by atoms with Crippen molar-refractivity contribution >= 4 is 5.69 Å². The van der Waals surface area contributed by atoms with Crippen molar-refractivity contribution in [2.75, 3.05) is 25.0 Å². The molecule has 0 heterocycles. The van der Waals surface area contributed by atoms with Crippen LogP contribution in [-0.2, 0) is 12.7 Å². The van der Waals surface area contributed by atoms with Crippen LogP contribution in [0, 0.1) is 5.92 Å². The minimum absolute atomic E-state index is 0.248. The lowest BCUT2D eigenvalue weighted by molar-refractivity contribution is -0.138. The predicted octanol–water partition coefficient (Wildman–Crippen LogP) is 3.66. The summed E-state index contributed by atoms with van der Waals surface area (Å²) in [5.41, 5.74) is 0.422. The SMILES string of the molecule is CCNCc1ccc(N(C)CC2CC2)cc1C(F)(F)F. The van der Waals surface area contributed by atoms with Gasteiger partial charge in [-0.3, -0.25) is 0 Å². The molecule has 1 aliphatic rings. The van der Waals surface area contributed by atoms with Crippen LogP contribution >= 0.6 is 0 Å². The van der Waals surface area contributed by atoms with Gasteiger partial charge in [-0.25, -0.2) is 0 Å². The van der Waals surface area contributed by atoms with Crippen molar-refractivity contribution in [2.45, 2.75) is 32.5 Å². The van der Waals surface area contributed by atoms with Crippen molar-refractivity contribution in [2.24, 2.45) is 5.92 Å². The summed E-state index contributed by atoms with van der Waals surface area (Å²) >= 11 is 0. The highest BCUT2D eigenvalue weighted by Crippen LogP contribution is 2.36. The topological polar surface area (TPSA) is 15.3 Å². The summed E-state index contributed by atoms with van der Waals surface area (Å²) in [6, 6.07) is 4.64. The molecule has 1 aromatic rings. The first-order valence-corrected chi connectivity index (χ1v) is 7.03. The van der Waals surface area contributed by atoms with E-state index in [2.05, 4.69) is 5.32 Å². The average Bonchev–Trinajstić information content (AvgIpc) is 3.19. The molecule has 1 aromatic carbocycles. The molecule has 0 saturated heterocycles. The molecule has 1 saturated carbocycles. The number of nitrogens with one attached hydrogen (secondary N) is 1. The maximum absolute atomic E-state index is 13.1. The molecule has 5 heteroatoms. The van der Waals surface area contributed by atoms with Crippen LogP contribution in [0.3, 0.4) is 0 Å². The number of anilines is 1. The molecular weight excluding hydrogens is 265 g/mol.